The largest absolute Gasteiger partial charge is 0.396 e. The number of aliphatic hydroxyl groups excluding tert-OH is 1. The number of aliphatic hydroxyl groups is 1. The van der Waals surface area contributed by atoms with E-state index in [0.717, 1.165) is 12.8 Å². The van der Waals surface area contributed by atoms with Crippen molar-refractivity contribution in [3.8, 4) is 0 Å². The summed E-state index contributed by atoms with van der Waals surface area (Å²) in [5.74, 6) is 0. The van der Waals surface area contributed by atoms with Crippen LogP contribution in [0.15, 0.2) is 42.0 Å². The minimum atomic E-state index is -2.46. The van der Waals surface area contributed by atoms with Gasteiger partial charge >= 0.3 is 0 Å². The molecule has 0 saturated carbocycles. The molecule has 1 aromatic carbocycles. The van der Waals surface area contributed by atoms with Crippen LogP contribution < -0.4 is 0 Å². The predicted molar refractivity (Wildman–Crippen MR) is 123 cm³/mol. The second-order valence-electron chi connectivity index (χ2n) is 7.71. The standard InChI is InChI=1S/C21H35O3PS2/c1-17(2)23-25(26,24-18(3)4)27-21(5,6)16-20(14-15-22)13-12-19-10-8-7-9-11-19/h7-11,16-18,22H,12-15H2,1-6H3/b20-16-. The van der Waals surface area contributed by atoms with E-state index >= 15 is 0 Å². The molecule has 0 bridgehead atoms. The molecule has 154 valence electrons. The molecule has 1 rings (SSSR count). The van der Waals surface area contributed by atoms with E-state index in [9.17, 15) is 5.11 Å². The highest BCUT2D eigenvalue weighted by atomic mass is 32.9. The summed E-state index contributed by atoms with van der Waals surface area (Å²) < 4.78 is 11.9. The maximum atomic E-state index is 9.49. The van der Waals surface area contributed by atoms with Gasteiger partial charge in [0.15, 0.2) is 0 Å². The van der Waals surface area contributed by atoms with Crippen molar-refractivity contribution in [1.29, 1.82) is 0 Å². The maximum absolute atomic E-state index is 9.49. The van der Waals surface area contributed by atoms with Gasteiger partial charge < -0.3 is 14.2 Å². The Bertz CT molecular complexity index is 614. The van der Waals surface area contributed by atoms with Crippen LogP contribution in [-0.4, -0.2) is 28.7 Å². The molecule has 0 saturated heterocycles. The zero-order valence-electron chi connectivity index (χ0n) is 17.5. The lowest BCUT2D eigenvalue weighted by Gasteiger charge is -2.32. The van der Waals surface area contributed by atoms with Crippen molar-refractivity contribution in [2.24, 2.45) is 0 Å². The van der Waals surface area contributed by atoms with Gasteiger partial charge in [-0.05, 0) is 78.2 Å². The van der Waals surface area contributed by atoms with Crippen molar-refractivity contribution in [3.63, 3.8) is 0 Å². The Labute approximate surface area is 174 Å². The van der Waals surface area contributed by atoms with Gasteiger partial charge in [-0.25, -0.2) is 0 Å². The van der Waals surface area contributed by atoms with Crippen LogP contribution in [0.2, 0.25) is 0 Å². The Morgan fingerprint density at radius 1 is 1.11 bits per heavy atom. The highest BCUT2D eigenvalue weighted by Gasteiger charge is 2.32. The molecule has 3 nitrogen and oxygen atoms in total. The van der Waals surface area contributed by atoms with Gasteiger partial charge in [-0.3, -0.25) is 0 Å². The molecular weight excluding hydrogens is 395 g/mol. The third kappa shape index (κ3) is 10.8. The van der Waals surface area contributed by atoms with Gasteiger partial charge in [0.25, 0.3) is 0 Å². The summed E-state index contributed by atoms with van der Waals surface area (Å²) in [6.07, 6.45) is 4.86. The van der Waals surface area contributed by atoms with Crippen molar-refractivity contribution in [1.82, 2.24) is 0 Å². The first-order chi connectivity index (χ1) is 12.6. The quantitative estimate of drug-likeness (QED) is 0.302. The molecule has 1 aromatic rings. The average molecular weight is 431 g/mol. The van der Waals surface area contributed by atoms with Gasteiger partial charge in [0, 0.05) is 11.4 Å². The average Bonchev–Trinajstić information content (AvgIpc) is 2.50. The molecule has 0 aliphatic rings. The highest BCUT2D eigenvalue weighted by Crippen LogP contribution is 2.67. The van der Waals surface area contributed by atoms with Crippen LogP contribution in [0, 0.1) is 0 Å². The van der Waals surface area contributed by atoms with Gasteiger partial charge in [0.1, 0.15) is 0 Å². The molecule has 6 heteroatoms. The molecule has 0 atom stereocenters. The Kier molecular flexibility index (Phi) is 10.8. The molecule has 0 aliphatic heterocycles. The highest BCUT2D eigenvalue weighted by molar-refractivity contribution is 8.68. The van der Waals surface area contributed by atoms with Gasteiger partial charge in [-0.2, -0.15) is 0 Å². The minimum absolute atomic E-state index is 0.0249. The lowest BCUT2D eigenvalue weighted by molar-refractivity contribution is 0.186. The normalized spacial score (nSPS) is 13.6. The SMILES string of the molecule is CC(C)OP(=S)(OC(C)C)SC(C)(C)/C=C(\CCO)CCc1ccccc1. The van der Waals surface area contributed by atoms with Gasteiger partial charge in [0.05, 0.1) is 12.2 Å². The number of rotatable bonds is 12. The first kappa shape index (κ1) is 24.9. The summed E-state index contributed by atoms with van der Waals surface area (Å²) in [7, 11) is 0. The van der Waals surface area contributed by atoms with Crippen molar-refractivity contribution in [2.75, 3.05) is 6.61 Å². The molecule has 27 heavy (non-hydrogen) atoms. The Hall–Kier alpha value is -0.160. The number of hydrogen-bond acceptors (Lipinski definition) is 5. The van der Waals surface area contributed by atoms with Crippen molar-refractivity contribution in [3.05, 3.63) is 47.5 Å². The summed E-state index contributed by atoms with van der Waals surface area (Å²) in [4.78, 5) is 0. The van der Waals surface area contributed by atoms with E-state index in [4.69, 9.17) is 20.9 Å². The number of aryl methyl sites for hydroxylation is 1. The zero-order valence-corrected chi connectivity index (χ0v) is 20.0. The fourth-order valence-electron chi connectivity index (χ4n) is 2.75. The lowest BCUT2D eigenvalue weighted by atomic mass is 9.99. The maximum Gasteiger partial charge on any atom is 0.248 e. The van der Waals surface area contributed by atoms with E-state index < -0.39 is 5.69 Å². The topological polar surface area (TPSA) is 38.7 Å². The van der Waals surface area contributed by atoms with Gasteiger partial charge in [-0.1, -0.05) is 53.4 Å². The fraction of sp³-hybridized carbons (Fsp3) is 0.619. The molecule has 0 radical (unpaired) electrons. The Morgan fingerprint density at radius 2 is 1.67 bits per heavy atom. The van der Waals surface area contributed by atoms with Gasteiger partial charge in [-0.15, -0.1) is 0 Å². The van der Waals surface area contributed by atoms with Crippen LogP contribution in [0.5, 0.6) is 0 Å². The summed E-state index contributed by atoms with van der Waals surface area (Å²) in [6.45, 7) is 12.4. The van der Waals surface area contributed by atoms with E-state index in [2.05, 4.69) is 44.2 Å². The fourth-order valence-corrected chi connectivity index (χ4v) is 10.7. The second kappa shape index (κ2) is 11.7. The van der Waals surface area contributed by atoms with E-state index in [1.807, 2.05) is 33.8 Å². The molecular formula is C21H35O3PS2. The number of benzene rings is 1. The van der Waals surface area contributed by atoms with Crippen molar-refractivity contribution >= 4 is 28.9 Å². The van der Waals surface area contributed by atoms with Gasteiger partial charge in [0.2, 0.25) is 5.69 Å². The molecule has 0 heterocycles. The molecule has 1 N–H and O–H groups in total. The van der Waals surface area contributed by atoms with Crippen LogP contribution in [-0.2, 0) is 27.3 Å². The first-order valence-corrected chi connectivity index (χ1v) is 13.6. The predicted octanol–water partition coefficient (Wildman–Crippen LogP) is 6.51. The van der Waals surface area contributed by atoms with Crippen LogP contribution in [0.3, 0.4) is 0 Å². The van der Waals surface area contributed by atoms with E-state index in [0.29, 0.717) is 6.42 Å². The third-order valence-electron chi connectivity index (χ3n) is 3.59. The smallest absolute Gasteiger partial charge is 0.248 e. The first-order valence-electron chi connectivity index (χ1n) is 9.58. The molecule has 0 fully saturated rings. The number of hydrogen-bond donors (Lipinski definition) is 1. The van der Waals surface area contributed by atoms with E-state index in [1.54, 1.807) is 11.4 Å². The van der Waals surface area contributed by atoms with Crippen LogP contribution >= 0.6 is 17.1 Å². The second-order valence-corrected chi connectivity index (χ2v) is 14.4. The van der Waals surface area contributed by atoms with E-state index in [1.165, 1.54) is 11.1 Å². The summed E-state index contributed by atoms with van der Waals surface area (Å²) in [5.41, 5.74) is 0.0911. The summed E-state index contributed by atoms with van der Waals surface area (Å²) in [6, 6.07) is 10.4. The molecule has 0 aliphatic carbocycles. The minimum Gasteiger partial charge on any atom is -0.396 e. The third-order valence-corrected chi connectivity index (χ3v) is 9.55. The summed E-state index contributed by atoms with van der Waals surface area (Å²) in [5, 5.41) is 9.49. The van der Waals surface area contributed by atoms with Crippen LogP contribution in [0.4, 0.5) is 0 Å². The lowest BCUT2D eigenvalue weighted by Crippen LogP contribution is -2.15. The Balaban J connectivity index is 2.92. The molecule has 0 unspecified atom stereocenters. The van der Waals surface area contributed by atoms with E-state index in [-0.39, 0.29) is 23.6 Å². The Morgan fingerprint density at radius 3 is 2.15 bits per heavy atom. The van der Waals surface area contributed by atoms with Crippen LogP contribution in [0.25, 0.3) is 0 Å². The monoisotopic (exact) mass is 430 g/mol. The van der Waals surface area contributed by atoms with Crippen molar-refractivity contribution in [2.45, 2.75) is 77.8 Å². The molecule has 0 amide bonds. The molecule has 0 aromatic heterocycles. The zero-order chi connectivity index (χ0) is 20.5. The molecule has 0 spiro atoms. The van der Waals surface area contributed by atoms with Crippen molar-refractivity contribution < 1.29 is 14.2 Å². The van der Waals surface area contributed by atoms with Crippen LogP contribution in [0.1, 0.15) is 59.9 Å². The summed E-state index contributed by atoms with van der Waals surface area (Å²) >= 11 is 7.42.